The highest BCUT2D eigenvalue weighted by atomic mass is 32.2. The summed E-state index contributed by atoms with van der Waals surface area (Å²) in [5.74, 6) is -0.475. The van der Waals surface area contributed by atoms with Crippen LogP contribution in [0, 0.1) is 0 Å². The van der Waals surface area contributed by atoms with E-state index in [1.807, 2.05) is 0 Å². The van der Waals surface area contributed by atoms with E-state index in [1.54, 1.807) is 12.1 Å². The number of hydrogen-bond acceptors (Lipinski definition) is 5. The van der Waals surface area contributed by atoms with E-state index >= 15 is 0 Å². The number of aromatic nitrogens is 2. The SMILES string of the molecule is O=C(Nc1cccc(S(=O)(=O)N2CCCCC2)c1)c1ccc2[nH]c(=O)c(=O)[nH]c2c1. The molecule has 1 amide bonds. The lowest BCUT2D eigenvalue weighted by Gasteiger charge is -2.26. The Morgan fingerprint density at radius 1 is 0.900 bits per heavy atom. The number of piperidine rings is 1. The summed E-state index contributed by atoms with van der Waals surface area (Å²) in [6, 6.07) is 10.6. The molecule has 0 atom stereocenters. The second kappa shape index (κ2) is 7.88. The summed E-state index contributed by atoms with van der Waals surface area (Å²) >= 11 is 0. The fraction of sp³-hybridized carbons (Fsp3) is 0.250. The molecule has 3 aromatic rings. The molecule has 2 heterocycles. The zero-order valence-corrected chi connectivity index (χ0v) is 16.8. The van der Waals surface area contributed by atoms with Gasteiger partial charge in [-0.25, -0.2) is 8.42 Å². The van der Waals surface area contributed by atoms with E-state index in [-0.39, 0.29) is 10.5 Å². The van der Waals surface area contributed by atoms with Gasteiger partial charge >= 0.3 is 11.1 Å². The molecule has 30 heavy (non-hydrogen) atoms. The minimum absolute atomic E-state index is 0.127. The van der Waals surface area contributed by atoms with Crippen LogP contribution in [0.15, 0.2) is 56.9 Å². The average Bonchev–Trinajstić information content (AvgIpc) is 2.75. The molecule has 156 valence electrons. The predicted octanol–water partition coefficient (Wildman–Crippen LogP) is 1.64. The maximum absolute atomic E-state index is 12.9. The molecule has 2 aromatic carbocycles. The lowest BCUT2D eigenvalue weighted by molar-refractivity contribution is 0.102. The quantitative estimate of drug-likeness (QED) is 0.544. The molecule has 4 rings (SSSR count). The van der Waals surface area contributed by atoms with Crippen molar-refractivity contribution in [1.29, 1.82) is 0 Å². The van der Waals surface area contributed by atoms with Crippen LogP contribution in [0.25, 0.3) is 11.0 Å². The van der Waals surface area contributed by atoms with Crippen molar-refractivity contribution in [2.45, 2.75) is 24.2 Å². The van der Waals surface area contributed by atoms with Crippen LogP contribution in [0.4, 0.5) is 5.69 Å². The first kappa shape index (κ1) is 20.0. The fourth-order valence-electron chi connectivity index (χ4n) is 3.45. The van der Waals surface area contributed by atoms with E-state index in [9.17, 15) is 22.8 Å². The smallest absolute Gasteiger partial charge is 0.314 e. The van der Waals surface area contributed by atoms with Crippen LogP contribution in [-0.4, -0.2) is 41.7 Å². The first-order valence-electron chi connectivity index (χ1n) is 9.52. The Morgan fingerprint density at radius 2 is 1.60 bits per heavy atom. The summed E-state index contributed by atoms with van der Waals surface area (Å²) in [5, 5.41) is 2.68. The van der Waals surface area contributed by atoms with Crippen LogP contribution < -0.4 is 16.4 Å². The molecule has 3 N–H and O–H groups in total. The third-order valence-electron chi connectivity index (χ3n) is 5.03. The summed E-state index contributed by atoms with van der Waals surface area (Å²) in [5.41, 5.74) is -0.288. The van der Waals surface area contributed by atoms with Gasteiger partial charge in [0.1, 0.15) is 0 Å². The number of amides is 1. The van der Waals surface area contributed by atoms with E-state index in [1.165, 1.54) is 34.6 Å². The number of benzene rings is 2. The van der Waals surface area contributed by atoms with E-state index in [2.05, 4.69) is 15.3 Å². The molecular weight excluding hydrogens is 408 g/mol. The fourth-order valence-corrected chi connectivity index (χ4v) is 5.01. The minimum atomic E-state index is -3.61. The van der Waals surface area contributed by atoms with Gasteiger partial charge < -0.3 is 15.3 Å². The van der Waals surface area contributed by atoms with Gasteiger partial charge in [0, 0.05) is 24.3 Å². The predicted molar refractivity (Wildman–Crippen MR) is 112 cm³/mol. The molecular formula is C20H20N4O5S. The summed E-state index contributed by atoms with van der Waals surface area (Å²) in [4.78, 5) is 40.5. The van der Waals surface area contributed by atoms with Gasteiger partial charge in [-0.2, -0.15) is 4.31 Å². The van der Waals surface area contributed by atoms with Crippen LogP contribution in [0.1, 0.15) is 29.6 Å². The number of fused-ring (bicyclic) bond motifs is 1. The van der Waals surface area contributed by atoms with Gasteiger partial charge in [-0.3, -0.25) is 14.4 Å². The van der Waals surface area contributed by atoms with Gasteiger partial charge in [0.2, 0.25) is 10.0 Å². The third kappa shape index (κ3) is 3.91. The molecule has 0 unspecified atom stereocenters. The summed E-state index contributed by atoms with van der Waals surface area (Å²) in [6.45, 7) is 0.993. The number of nitrogens with one attached hydrogen (secondary N) is 3. The zero-order chi connectivity index (χ0) is 21.3. The average molecular weight is 428 g/mol. The Bertz CT molecular complexity index is 1340. The monoisotopic (exact) mass is 428 g/mol. The highest BCUT2D eigenvalue weighted by molar-refractivity contribution is 7.89. The lowest BCUT2D eigenvalue weighted by atomic mass is 10.1. The van der Waals surface area contributed by atoms with Crippen molar-refractivity contribution in [3.8, 4) is 0 Å². The number of H-pyrrole nitrogens is 2. The van der Waals surface area contributed by atoms with E-state index in [4.69, 9.17) is 0 Å². The standard InChI is InChI=1S/C20H20N4O5S/c25-18(13-7-8-16-17(11-13)23-20(27)19(26)22-16)21-14-5-4-6-15(12-14)30(28,29)24-9-2-1-3-10-24/h4-8,11-12H,1-3,9-10H2,(H,21,25)(H,22,26)(H,23,27). The molecule has 0 spiro atoms. The Balaban J connectivity index is 1.59. The van der Waals surface area contributed by atoms with Crippen molar-refractivity contribution < 1.29 is 13.2 Å². The topological polar surface area (TPSA) is 132 Å². The third-order valence-corrected chi connectivity index (χ3v) is 6.92. The Labute approximate surface area is 171 Å². The van der Waals surface area contributed by atoms with Gasteiger partial charge in [-0.05, 0) is 49.2 Å². The summed E-state index contributed by atoms with van der Waals surface area (Å²) in [7, 11) is -3.61. The number of carbonyl (C=O) groups excluding carboxylic acids is 1. The zero-order valence-electron chi connectivity index (χ0n) is 16.0. The van der Waals surface area contributed by atoms with Gasteiger partial charge in [-0.1, -0.05) is 12.5 Å². The number of rotatable bonds is 4. The molecule has 0 bridgehead atoms. The maximum atomic E-state index is 12.9. The van der Waals surface area contributed by atoms with Crippen molar-refractivity contribution in [3.63, 3.8) is 0 Å². The number of anilines is 1. The number of carbonyl (C=O) groups is 1. The Kier molecular flexibility index (Phi) is 5.27. The number of nitrogens with zero attached hydrogens (tertiary/aromatic N) is 1. The van der Waals surface area contributed by atoms with E-state index in [0.717, 1.165) is 19.3 Å². The molecule has 0 radical (unpaired) electrons. The molecule has 1 fully saturated rings. The lowest BCUT2D eigenvalue weighted by Crippen LogP contribution is -2.35. The van der Waals surface area contributed by atoms with Gasteiger partial charge in [0.15, 0.2) is 0 Å². The normalized spacial score (nSPS) is 15.2. The molecule has 1 aliphatic rings. The first-order valence-corrected chi connectivity index (χ1v) is 11.0. The molecule has 0 saturated carbocycles. The second-order valence-corrected chi connectivity index (χ2v) is 9.05. The molecule has 0 aliphatic carbocycles. The molecule has 1 aliphatic heterocycles. The van der Waals surface area contributed by atoms with Crippen LogP contribution in [0.5, 0.6) is 0 Å². The molecule has 1 saturated heterocycles. The Hall–Kier alpha value is -3.24. The van der Waals surface area contributed by atoms with Gasteiger partial charge in [0.05, 0.1) is 15.9 Å². The number of aromatic amines is 2. The highest BCUT2D eigenvalue weighted by Gasteiger charge is 2.26. The van der Waals surface area contributed by atoms with Crippen molar-refractivity contribution in [2.24, 2.45) is 0 Å². The Morgan fingerprint density at radius 3 is 2.33 bits per heavy atom. The van der Waals surface area contributed by atoms with Crippen molar-refractivity contribution in [2.75, 3.05) is 18.4 Å². The molecule has 10 heteroatoms. The molecule has 9 nitrogen and oxygen atoms in total. The van der Waals surface area contributed by atoms with Gasteiger partial charge in [-0.15, -0.1) is 0 Å². The van der Waals surface area contributed by atoms with Crippen LogP contribution in [-0.2, 0) is 10.0 Å². The second-order valence-electron chi connectivity index (χ2n) is 7.12. The largest absolute Gasteiger partial charge is 0.322 e. The summed E-state index contributed by atoms with van der Waals surface area (Å²) < 4.78 is 27.2. The van der Waals surface area contributed by atoms with Crippen LogP contribution in [0.2, 0.25) is 0 Å². The number of sulfonamides is 1. The van der Waals surface area contributed by atoms with E-state index in [0.29, 0.717) is 29.8 Å². The van der Waals surface area contributed by atoms with Crippen molar-refractivity contribution >= 4 is 32.7 Å². The first-order chi connectivity index (χ1) is 14.3. The highest BCUT2D eigenvalue weighted by Crippen LogP contribution is 2.23. The van der Waals surface area contributed by atoms with Crippen molar-refractivity contribution in [1.82, 2.24) is 14.3 Å². The van der Waals surface area contributed by atoms with Crippen LogP contribution >= 0.6 is 0 Å². The summed E-state index contributed by atoms with van der Waals surface area (Å²) in [6.07, 6.45) is 2.70. The number of hydrogen-bond donors (Lipinski definition) is 3. The maximum Gasteiger partial charge on any atom is 0.314 e. The van der Waals surface area contributed by atoms with Gasteiger partial charge in [0.25, 0.3) is 5.91 Å². The van der Waals surface area contributed by atoms with E-state index < -0.39 is 27.0 Å². The van der Waals surface area contributed by atoms with Crippen molar-refractivity contribution in [3.05, 3.63) is 68.7 Å². The van der Waals surface area contributed by atoms with Crippen LogP contribution in [0.3, 0.4) is 0 Å². The molecule has 1 aromatic heterocycles. The minimum Gasteiger partial charge on any atom is -0.322 e.